The first-order valence-corrected chi connectivity index (χ1v) is 41.7. The van der Waals surface area contributed by atoms with Crippen molar-refractivity contribution in [1.29, 1.82) is 0 Å². The fraction of sp³-hybridized carbons (Fsp3) is 0.596. The van der Waals surface area contributed by atoms with Gasteiger partial charge >= 0.3 is 0 Å². The molecule has 4 aliphatic carbocycles. The van der Waals surface area contributed by atoms with Crippen molar-refractivity contribution in [3.8, 4) is 0 Å². The van der Waals surface area contributed by atoms with Crippen LogP contribution in [-0.4, -0.2) is 39.6 Å². The van der Waals surface area contributed by atoms with Crippen LogP contribution in [0.15, 0.2) is 171 Å². The lowest BCUT2D eigenvalue weighted by Crippen LogP contribution is -2.15. The lowest BCUT2D eigenvalue weighted by atomic mass is 9.77. The van der Waals surface area contributed by atoms with Gasteiger partial charge < -0.3 is 28.4 Å². The molecule has 0 radical (unpaired) electrons. The van der Waals surface area contributed by atoms with Gasteiger partial charge in [-0.1, -0.05) is 388 Å². The van der Waals surface area contributed by atoms with Crippen LogP contribution in [0.1, 0.15) is 404 Å². The van der Waals surface area contributed by atoms with Crippen molar-refractivity contribution in [3.05, 3.63) is 238 Å². The molecule has 6 nitrogen and oxygen atoms in total. The molecule has 0 N–H and O–H groups in total. The van der Waals surface area contributed by atoms with Crippen LogP contribution >= 0.6 is 0 Å². The molecule has 0 aromatic heterocycles. The standard InChI is InChI=1S/C16H24O.C16H22O.C16H24O.C16H22O.2C12H16O.6C2H6.9CH4/c2*1-4-17-12-13-7-5-8-14(11-13)15-9-6-10-16(15,2)3;2*1-4-17-12-13-7-9-14(10-8-13)15-6-5-11-16(15,2)3;1-4-13-9-11-5-7-12(8-6-11)10(2)3;1-4-13-9-11-6-5-7-12(8-11)10(2)3;6*1-2;;;;;;;;;/h5,7-8,11,15H,4,6,9-10,12H2,1-3H3;5,7-9,11H,4,6,10,12H2,1-3H3;7-10,15H,4-6,11-12H2,1-3H3;6-10H,4-5,11-12H2,1-3H3;2*5-8H,2,4,9H2,1,3H3;6*1-2H3;9*1H4. The molecule has 0 heterocycles. The minimum absolute atomic E-state index is 0. The van der Waals surface area contributed by atoms with Gasteiger partial charge in [-0.2, -0.15) is 0 Å². The van der Waals surface area contributed by atoms with Gasteiger partial charge in [-0.25, -0.2) is 0 Å². The Labute approximate surface area is 721 Å². The summed E-state index contributed by atoms with van der Waals surface area (Å²) in [6.07, 6.45) is 17.9. The van der Waals surface area contributed by atoms with Crippen LogP contribution in [0.25, 0.3) is 22.3 Å². The van der Waals surface area contributed by atoms with Crippen LogP contribution in [0, 0.1) is 21.7 Å². The van der Waals surface area contributed by atoms with Crippen molar-refractivity contribution in [2.24, 2.45) is 21.7 Å². The molecule has 4 aliphatic rings. The molecule has 0 bridgehead atoms. The van der Waals surface area contributed by atoms with Gasteiger partial charge in [0.2, 0.25) is 0 Å². The topological polar surface area (TPSA) is 55.4 Å². The van der Waals surface area contributed by atoms with Gasteiger partial charge in [0.05, 0.1) is 39.6 Å². The largest absolute Gasteiger partial charge is 0.377 e. The van der Waals surface area contributed by atoms with E-state index in [4.69, 9.17) is 28.4 Å². The molecule has 115 heavy (non-hydrogen) atoms. The first kappa shape index (κ1) is 132. The highest BCUT2D eigenvalue weighted by molar-refractivity contribution is 5.73. The highest BCUT2D eigenvalue weighted by atomic mass is 16.5. The Morgan fingerprint density at radius 3 is 0.930 bits per heavy atom. The quantitative estimate of drug-likeness (QED) is 0.0602. The minimum Gasteiger partial charge on any atom is -0.377 e. The normalized spacial score (nSPS) is 14.7. The number of ether oxygens (including phenoxy) is 6. The van der Waals surface area contributed by atoms with E-state index in [-0.39, 0.29) is 66.8 Å². The molecule has 2 unspecified atom stereocenters. The van der Waals surface area contributed by atoms with Crippen LogP contribution in [0.3, 0.4) is 0 Å². The summed E-state index contributed by atoms with van der Waals surface area (Å²) in [5.41, 5.74) is 22.5. The van der Waals surface area contributed by atoms with Gasteiger partial charge in [0, 0.05) is 39.6 Å². The second-order valence-electron chi connectivity index (χ2n) is 28.6. The van der Waals surface area contributed by atoms with Gasteiger partial charge in [-0.15, -0.1) is 0 Å². The number of hydrogen-bond donors (Lipinski definition) is 0. The van der Waals surface area contributed by atoms with E-state index >= 15 is 0 Å². The van der Waals surface area contributed by atoms with E-state index in [1.807, 2.05) is 145 Å². The molecule has 2 saturated carbocycles. The molecule has 6 heteroatoms. The molecule has 6 aromatic carbocycles. The van der Waals surface area contributed by atoms with Crippen LogP contribution in [0.4, 0.5) is 0 Å². The molecule has 10 rings (SSSR count). The van der Waals surface area contributed by atoms with E-state index in [1.165, 1.54) is 142 Å². The van der Waals surface area contributed by atoms with Gasteiger partial charge in [0.1, 0.15) is 0 Å². The summed E-state index contributed by atoms with van der Waals surface area (Å²) in [6, 6.07) is 52.2. The summed E-state index contributed by atoms with van der Waals surface area (Å²) in [5, 5.41) is 0. The fourth-order valence-electron chi connectivity index (χ4n) is 13.4. The summed E-state index contributed by atoms with van der Waals surface area (Å²) < 4.78 is 32.4. The molecular formula is C109H196O6. The zero-order chi connectivity index (χ0) is 80.6. The summed E-state index contributed by atoms with van der Waals surface area (Å²) >= 11 is 0. The van der Waals surface area contributed by atoms with E-state index in [1.54, 1.807) is 0 Å². The number of benzene rings is 6. The van der Waals surface area contributed by atoms with Gasteiger partial charge in [0.15, 0.2) is 0 Å². The molecule has 0 spiro atoms. The molecule has 2 fully saturated rings. The number of hydrogen-bond acceptors (Lipinski definition) is 6. The average molecular weight is 1600 g/mol. The van der Waals surface area contributed by atoms with Crippen molar-refractivity contribution >= 4 is 22.3 Å². The van der Waals surface area contributed by atoms with Gasteiger partial charge in [0.25, 0.3) is 0 Å². The first-order chi connectivity index (χ1) is 51.0. The third-order valence-corrected chi connectivity index (χ3v) is 19.2. The minimum atomic E-state index is 0. The molecule has 0 saturated heterocycles. The fourth-order valence-corrected chi connectivity index (χ4v) is 13.4. The van der Waals surface area contributed by atoms with Crippen molar-refractivity contribution in [1.82, 2.24) is 0 Å². The second-order valence-corrected chi connectivity index (χ2v) is 28.6. The van der Waals surface area contributed by atoms with Crippen molar-refractivity contribution < 1.29 is 28.4 Å². The van der Waals surface area contributed by atoms with Gasteiger partial charge in [-0.3, -0.25) is 0 Å². The maximum Gasteiger partial charge on any atom is 0.0716 e. The van der Waals surface area contributed by atoms with E-state index in [9.17, 15) is 0 Å². The Morgan fingerprint density at radius 1 is 0.313 bits per heavy atom. The summed E-state index contributed by atoms with van der Waals surface area (Å²) in [4.78, 5) is 0. The SMILES string of the molecule is C.C.C.C.C.C.C.C.C.C=C(C)c1ccc(COCC)cc1.C=C(C)c1cccc(COCC)c1.CC.CC.CC.CC.CC.CC.CCOCc1ccc(C2=CCCC2(C)C)cc1.CCOCc1ccc(C2CCCC2(C)C)cc1.CCOCc1cccc(C2=CCCC2(C)C)c1.CCOCc1cccc(C2CCCC2(C)C)c1. The van der Waals surface area contributed by atoms with Crippen molar-refractivity contribution in [2.45, 2.75) is 376 Å². The predicted octanol–water partition coefficient (Wildman–Crippen LogP) is 36.3. The van der Waals surface area contributed by atoms with Crippen LogP contribution < -0.4 is 0 Å². The van der Waals surface area contributed by atoms with Crippen LogP contribution in [0.2, 0.25) is 0 Å². The van der Waals surface area contributed by atoms with E-state index in [2.05, 4.69) is 220 Å². The van der Waals surface area contributed by atoms with Crippen molar-refractivity contribution in [2.75, 3.05) is 39.6 Å². The second kappa shape index (κ2) is 77.9. The molecular weight excluding hydrogens is 1410 g/mol. The van der Waals surface area contributed by atoms with E-state index in [0.717, 1.165) is 89.1 Å². The smallest absolute Gasteiger partial charge is 0.0716 e. The lowest BCUT2D eigenvalue weighted by Gasteiger charge is -2.27. The Hall–Kier alpha value is -5.96. The molecule has 0 aliphatic heterocycles. The highest BCUT2D eigenvalue weighted by Crippen LogP contribution is 2.50. The lowest BCUT2D eigenvalue weighted by molar-refractivity contribution is 0.134. The third kappa shape index (κ3) is 51.2. The molecule has 0 amide bonds. The predicted molar refractivity (Wildman–Crippen MR) is 531 cm³/mol. The maximum absolute atomic E-state index is 5.49. The molecule has 668 valence electrons. The summed E-state index contributed by atoms with van der Waals surface area (Å²) in [6.45, 7) is 75.9. The Balaban J connectivity index is -0.000000120. The summed E-state index contributed by atoms with van der Waals surface area (Å²) in [5.74, 6) is 1.47. The van der Waals surface area contributed by atoms with Crippen LogP contribution in [-0.2, 0) is 68.1 Å². The number of rotatable bonds is 24. The Kier molecular flexibility index (Phi) is 89.7. The number of allylic oxidation sites excluding steroid dienone is 6. The van der Waals surface area contributed by atoms with Crippen LogP contribution in [0.5, 0.6) is 0 Å². The highest BCUT2D eigenvalue weighted by Gasteiger charge is 2.36. The maximum atomic E-state index is 5.49. The molecule has 6 aromatic rings. The Morgan fingerprint density at radius 2 is 0.609 bits per heavy atom. The Bertz CT molecular complexity index is 3210. The zero-order valence-electron chi connectivity index (χ0n) is 73.6. The zero-order valence-corrected chi connectivity index (χ0v) is 73.6. The monoisotopic (exact) mass is 1600 g/mol. The first-order valence-electron chi connectivity index (χ1n) is 41.7. The summed E-state index contributed by atoms with van der Waals surface area (Å²) in [7, 11) is 0. The average Bonchev–Trinajstić information content (AvgIpc) is 1.73. The van der Waals surface area contributed by atoms with E-state index < -0.39 is 0 Å². The van der Waals surface area contributed by atoms with Gasteiger partial charge in [-0.05, 0) is 230 Å². The third-order valence-electron chi connectivity index (χ3n) is 19.2. The molecule has 2 atom stereocenters. The van der Waals surface area contributed by atoms with Crippen molar-refractivity contribution in [3.63, 3.8) is 0 Å². The van der Waals surface area contributed by atoms with E-state index in [0.29, 0.717) is 34.9 Å².